The summed E-state index contributed by atoms with van der Waals surface area (Å²) in [6, 6.07) is 8.20. The Bertz CT molecular complexity index is 622. The topological polar surface area (TPSA) is 41.1 Å². The van der Waals surface area contributed by atoms with E-state index in [9.17, 15) is 4.79 Å². The van der Waals surface area contributed by atoms with Crippen molar-refractivity contribution >= 4 is 22.9 Å². The Morgan fingerprint density at radius 3 is 3.14 bits per heavy atom. The lowest BCUT2D eigenvalue weighted by molar-refractivity contribution is 0.0940. The summed E-state index contributed by atoms with van der Waals surface area (Å²) in [7, 11) is 0. The largest absolute Gasteiger partial charge is 0.385 e. The van der Waals surface area contributed by atoms with Gasteiger partial charge in [0.25, 0.3) is 5.91 Å². The standard InChI is InChI=1S/C17H20N2OS/c1-12(9-13-6-8-21-11-13)19-17(20)15-4-5-16-14(10-15)3-2-7-18-16/h4-6,8,10-12,18H,2-3,7,9H2,1H3,(H,19,20). The van der Waals surface area contributed by atoms with Crippen molar-refractivity contribution in [1.29, 1.82) is 0 Å². The van der Waals surface area contributed by atoms with Crippen LogP contribution in [0.15, 0.2) is 35.0 Å². The molecule has 1 atom stereocenters. The maximum Gasteiger partial charge on any atom is 0.251 e. The number of thiophene rings is 1. The Balaban J connectivity index is 1.64. The van der Waals surface area contributed by atoms with E-state index in [2.05, 4.69) is 34.4 Å². The zero-order chi connectivity index (χ0) is 14.7. The summed E-state index contributed by atoms with van der Waals surface area (Å²) in [5.41, 5.74) is 4.46. The maximum absolute atomic E-state index is 12.3. The minimum Gasteiger partial charge on any atom is -0.385 e. The average Bonchev–Trinajstić information content (AvgIpc) is 2.99. The van der Waals surface area contributed by atoms with E-state index in [0.717, 1.165) is 31.4 Å². The molecular weight excluding hydrogens is 280 g/mol. The fraction of sp³-hybridized carbons (Fsp3) is 0.353. The van der Waals surface area contributed by atoms with Crippen molar-refractivity contribution in [1.82, 2.24) is 5.32 Å². The fourth-order valence-electron chi connectivity index (χ4n) is 2.74. The Hall–Kier alpha value is -1.81. The van der Waals surface area contributed by atoms with E-state index in [1.807, 2.05) is 18.2 Å². The summed E-state index contributed by atoms with van der Waals surface area (Å²) in [6.07, 6.45) is 3.06. The highest BCUT2D eigenvalue weighted by Crippen LogP contribution is 2.23. The first kappa shape index (κ1) is 14.1. The molecule has 4 heteroatoms. The van der Waals surface area contributed by atoms with Crippen molar-refractivity contribution in [2.75, 3.05) is 11.9 Å². The van der Waals surface area contributed by atoms with Crippen LogP contribution in [0.5, 0.6) is 0 Å². The van der Waals surface area contributed by atoms with Gasteiger partial charge in [0.1, 0.15) is 0 Å². The number of benzene rings is 1. The summed E-state index contributed by atoms with van der Waals surface area (Å²) >= 11 is 1.69. The quantitative estimate of drug-likeness (QED) is 0.908. The number of rotatable bonds is 4. The molecule has 2 heterocycles. The number of hydrogen-bond acceptors (Lipinski definition) is 3. The molecule has 2 N–H and O–H groups in total. The van der Waals surface area contributed by atoms with Crippen LogP contribution < -0.4 is 10.6 Å². The zero-order valence-corrected chi connectivity index (χ0v) is 13.0. The van der Waals surface area contributed by atoms with Crippen LogP contribution in [0.2, 0.25) is 0 Å². The first-order valence-corrected chi connectivity index (χ1v) is 8.35. The molecule has 1 aromatic carbocycles. The molecule has 3 rings (SSSR count). The van der Waals surface area contributed by atoms with Crippen molar-refractivity contribution in [2.45, 2.75) is 32.2 Å². The minimum absolute atomic E-state index is 0.0195. The second-order valence-corrected chi connectivity index (χ2v) is 6.39. The molecule has 0 radical (unpaired) electrons. The lowest BCUT2D eigenvalue weighted by atomic mass is 10.0. The number of fused-ring (bicyclic) bond motifs is 1. The molecule has 0 saturated heterocycles. The van der Waals surface area contributed by atoms with Crippen LogP contribution in [-0.4, -0.2) is 18.5 Å². The van der Waals surface area contributed by atoms with E-state index in [1.165, 1.54) is 16.8 Å². The molecule has 2 aromatic rings. The first-order chi connectivity index (χ1) is 10.2. The van der Waals surface area contributed by atoms with E-state index >= 15 is 0 Å². The first-order valence-electron chi connectivity index (χ1n) is 7.41. The van der Waals surface area contributed by atoms with E-state index in [1.54, 1.807) is 11.3 Å². The third-order valence-electron chi connectivity index (χ3n) is 3.81. The third-order valence-corrected chi connectivity index (χ3v) is 4.54. The lowest BCUT2D eigenvalue weighted by Crippen LogP contribution is -2.34. The number of anilines is 1. The van der Waals surface area contributed by atoms with E-state index in [-0.39, 0.29) is 11.9 Å². The van der Waals surface area contributed by atoms with Crippen molar-refractivity contribution < 1.29 is 4.79 Å². The van der Waals surface area contributed by atoms with Gasteiger partial charge in [-0.2, -0.15) is 11.3 Å². The van der Waals surface area contributed by atoms with Gasteiger partial charge in [-0.05, 0) is 72.3 Å². The van der Waals surface area contributed by atoms with E-state index in [0.29, 0.717) is 0 Å². The van der Waals surface area contributed by atoms with Gasteiger partial charge >= 0.3 is 0 Å². The summed E-state index contributed by atoms with van der Waals surface area (Å²) in [4.78, 5) is 12.3. The van der Waals surface area contributed by atoms with Gasteiger partial charge in [0.05, 0.1) is 0 Å². The van der Waals surface area contributed by atoms with E-state index < -0.39 is 0 Å². The SMILES string of the molecule is CC(Cc1ccsc1)NC(=O)c1ccc2c(c1)CCCN2. The van der Waals surface area contributed by atoms with Gasteiger partial charge in [-0.1, -0.05) is 0 Å². The molecule has 0 bridgehead atoms. The molecule has 1 aromatic heterocycles. The summed E-state index contributed by atoms with van der Waals surface area (Å²) in [5.74, 6) is 0.0195. The molecule has 21 heavy (non-hydrogen) atoms. The number of carbonyl (C=O) groups excluding carboxylic acids is 1. The number of carbonyl (C=O) groups is 1. The Labute approximate surface area is 129 Å². The van der Waals surface area contributed by atoms with Crippen LogP contribution in [-0.2, 0) is 12.8 Å². The second-order valence-electron chi connectivity index (χ2n) is 5.61. The summed E-state index contributed by atoms with van der Waals surface area (Å²) < 4.78 is 0. The molecule has 1 unspecified atom stereocenters. The summed E-state index contributed by atoms with van der Waals surface area (Å²) in [5, 5.41) is 10.7. The Kier molecular flexibility index (Phi) is 4.25. The van der Waals surface area contributed by atoms with Crippen LogP contribution in [0.1, 0.15) is 34.8 Å². The highest BCUT2D eigenvalue weighted by Gasteiger charge is 2.14. The van der Waals surface area contributed by atoms with Crippen LogP contribution in [0.3, 0.4) is 0 Å². The van der Waals surface area contributed by atoms with Gasteiger partial charge in [-0.3, -0.25) is 4.79 Å². The van der Waals surface area contributed by atoms with Gasteiger partial charge in [-0.25, -0.2) is 0 Å². The number of hydrogen-bond donors (Lipinski definition) is 2. The predicted octanol–water partition coefficient (Wildman–Crippen LogP) is 3.47. The molecule has 1 aliphatic rings. The zero-order valence-electron chi connectivity index (χ0n) is 12.2. The van der Waals surface area contributed by atoms with Crippen LogP contribution in [0.4, 0.5) is 5.69 Å². The maximum atomic E-state index is 12.3. The number of aryl methyl sites for hydroxylation is 1. The molecule has 3 nitrogen and oxygen atoms in total. The molecule has 0 spiro atoms. The normalized spacial score (nSPS) is 14.9. The monoisotopic (exact) mass is 300 g/mol. The van der Waals surface area contributed by atoms with Crippen molar-refractivity contribution in [3.8, 4) is 0 Å². The number of amides is 1. The predicted molar refractivity (Wildman–Crippen MR) is 88.2 cm³/mol. The molecule has 0 aliphatic carbocycles. The Morgan fingerprint density at radius 1 is 1.43 bits per heavy atom. The lowest BCUT2D eigenvalue weighted by Gasteiger charge is -2.19. The van der Waals surface area contributed by atoms with Gasteiger partial charge in [0.15, 0.2) is 0 Å². The minimum atomic E-state index is 0.0195. The fourth-order valence-corrected chi connectivity index (χ4v) is 3.42. The Morgan fingerprint density at radius 2 is 2.33 bits per heavy atom. The molecule has 1 aliphatic heterocycles. The van der Waals surface area contributed by atoms with Gasteiger partial charge in [0, 0.05) is 23.8 Å². The summed E-state index contributed by atoms with van der Waals surface area (Å²) in [6.45, 7) is 3.08. The second kappa shape index (κ2) is 6.31. The molecular formula is C17H20N2OS. The smallest absolute Gasteiger partial charge is 0.251 e. The molecule has 1 amide bonds. The third kappa shape index (κ3) is 3.45. The van der Waals surface area contributed by atoms with Crippen molar-refractivity contribution in [3.05, 3.63) is 51.7 Å². The highest BCUT2D eigenvalue weighted by molar-refractivity contribution is 7.07. The molecule has 0 saturated carbocycles. The molecule has 0 fully saturated rings. The van der Waals surface area contributed by atoms with Crippen LogP contribution in [0.25, 0.3) is 0 Å². The molecule has 110 valence electrons. The van der Waals surface area contributed by atoms with Gasteiger partial charge in [-0.15, -0.1) is 0 Å². The van der Waals surface area contributed by atoms with Crippen molar-refractivity contribution in [2.24, 2.45) is 0 Å². The average molecular weight is 300 g/mol. The van der Waals surface area contributed by atoms with Crippen LogP contribution in [0, 0.1) is 0 Å². The van der Waals surface area contributed by atoms with Gasteiger partial charge in [0.2, 0.25) is 0 Å². The number of nitrogens with one attached hydrogen (secondary N) is 2. The van der Waals surface area contributed by atoms with Crippen LogP contribution >= 0.6 is 11.3 Å². The van der Waals surface area contributed by atoms with Gasteiger partial charge < -0.3 is 10.6 Å². The van der Waals surface area contributed by atoms with E-state index in [4.69, 9.17) is 0 Å². The highest BCUT2D eigenvalue weighted by atomic mass is 32.1. The van der Waals surface area contributed by atoms with Crippen molar-refractivity contribution in [3.63, 3.8) is 0 Å².